The first-order valence-electron chi connectivity index (χ1n) is 14.0. The zero-order valence-electron chi connectivity index (χ0n) is 22.9. The first kappa shape index (κ1) is 29.6. The molecule has 15 nitrogen and oxygen atoms in total. The number of nitrogens with one attached hydrogen (secondary N) is 3. The molecule has 8 N–H and O–H groups in total. The first-order valence-corrected chi connectivity index (χ1v) is 15.9. The highest BCUT2D eigenvalue weighted by Crippen LogP contribution is 2.41. The van der Waals surface area contributed by atoms with Crippen molar-refractivity contribution in [1.82, 2.24) is 30.7 Å². The number of rotatable bonds is 8. The fourth-order valence-corrected chi connectivity index (χ4v) is 8.28. The van der Waals surface area contributed by atoms with E-state index in [1.54, 1.807) is 11.0 Å². The molecule has 5 aliphatic rings. The van der Waals surface area contributed by atoms with Crippen LogP contribution in [0.3, 0.4) is 0 Å². The number of carboxylic acid groups (broad SMARTS) is 1. The molecular weight excluding hydrogens is 600 g/mol. The third-order valence-corrected chi connectivity index (χ3v) is 10.6. The molecule has 6 heterocycles. The van der Waals surface area contributed by atoms with Gasteiger partial charge in [-0.1, -0.05) is 5.16 Å². The average Bonchev–Trinajstić information content (AvgIpc) is 3.81. The fraction of sp³-hybridized carbons (Fsp3) is 0.538. The van der Waals surface area contributed by atoms with Gasteiger partial charge in [-0.15, -0.1) is 23.1 Å². The van der Waals surface area contributed by atoms with Crippen LogP contribution in [0, 0.1) is 0 Å². The summed E-state index contributed by atoms with van der Waals surface area (Å²) < 4.78 is 0. The molecule has 0 spiro atoms. The van der Waals surface area contributed by atoms with Crippen molar-refractivity contribution in [2.24, 2.45) is 5.16 Å². The Morgan fingerprint density at radius 3 is 2.77 bits per heavy atom. The standard InChI is InChI=1S/C26H32N8O7S2/c27-26-30-16(10-43-26)17(32-41)21(36)31-18-23(38)34-19(25(39)40)12(9-42-24(18)34)6-11-3-5-33(22(11)37)13-7-15(29-8-13)20(35)14-2-1-4-28-14/h6,10,13-15,18,20,24,28-29,35,41H,1-5,7-9H2,(H2,27,30)(H,31,36)(H,39,40)/b11-6+,32-17-/t13?,14?,15?,18-,20?,24-/m1/s1. The third kappa shape index (κ3) is 5.39. The van der Waals surface area contributed by atoms with Crippen molar-refractivity contribution < 1.29 is 34.6 Å². The highest BCUT2D eigenvalue weighted by atomic mass is 32.2. The smallest absolute Gasteiger partial charge is 0.352 e. The second kappa shape index (κ2) is 11.9. The van der Waals surface area contributed by atoms with E-state index in [1.165, 1.54) is 17.1 Å². The molecule has 43 heavy (non-hydrogen) atoms. The maximum absolute atomic E-state index is 13.4. The van der Waals surface area contributed by atoms with Gasteiger partial charge in [0.05, 0.1) is 6.10 Å². The molecule has 17 heteroatoms. The van der Waals surface area contributed by atoms with Crippen LogP contribution in [0.4, 0.5) is 5.13 Å². The predicted octanol–water partition coefficient (Wildman–Crippen LogP) is -1.36. The van der Waals surface area contributed by atoms with Gasteiger partial charge in [0.15, 0.2) is 10.8 Å². The van der Waals surface area contributed by atoms with E-state index in [0.29, 0.717) is 37.1 Å². The number of likely N-dealkylation sites (tertiary alicyclic amines) is 1. The van der Waals surface area contributed by atoms with E-state index in [4.69, 9.17) is 5.73 Å². The van der Waals surface area contributed by atoms with E-state index in [-0.39, 0.29) is 46.3 Å². The van der Waals surface area contributed by atoms with E-state index in [0.717, 1.165) is 35.6 Å². The molecule has 0 radical (unpaired) electrons. The van der Waals surface area contributed by atoms with E-state index < -0.39 is 41.0 Å². The Bertz CT molecular complexity index is 1440. The summed E-state index contributed by atoms with van der Waals surface area (Å²) in [5.74, 6) is -2.77. The molecule has 3 amide bonds. The van der Waals surface area contributed by atoms with Crippen molar-refractivity contribution in [3.05, 3.63) is 34.0 Å². The van der Waals surface area contributed by atoms with Gasteiger partial charge in [0.1, 0.15) is 22.8 Å². The van der Waals surface area contributed by atoms with Crippen molar-refractivity contribution in [1.29, 1.82) is 0 Å². The normalized spacial score (nSPS) is 31.0. The Morgan fingerprint density at radius 1 is 1.28 bits per heavy atom. The van der Waals surface area contributed by atoms with Gasteiger partial charge < -0.3 is 42.0 Å². The molecule has 4 fully saturated rings. The number of aliphatic hydroxyl groups is 1. The Labute approximate surface area is 254 Å². The second-order valence-corrected chi connectivity index (χ2v) is 13.1. The molecule has 6 atom stereocenters. The van der Waals surface area contributed by atoms with Crippen molar-refractivity contribution in [3.63, 3.8) is 0 Å². The van der Waals surface area contributed by atoms with Crippen LogP contribution in [-0.4, -0.2) is 121 Å². The highest BCUT2D eigenvalue weighted by Gasteiger charge is 2.54. The molecule has 4 unspecified atom stereocenters. The van der Waals surface area contributed by atoms with Crippen molar-refractivity contribution >= 4 is 57.6 Å². The van der Waals surface area contributed by atoms with E-state index in [9.17, 15) is 34.6 Å². The number of amides is 3. The number of nitrogens with two attached hydrogens (primary N) is 1. The molecule has 1 aromatic rings. The predicted molar refractivity (Wildman–Crippen MR) is 156 cm³/mol. The molecule has 230 valence electrons. The van der Waals surface area contributed by atoms with Crippen molar-refractivity contribution in [2.75, 3.05) is 31.1 Å². The Balaban J connectivity index is 1.13. The van der Waals surface area contributed by atoms with Gasteiger partial charge in [0, 0.05) is 47.9 Å². The largest absolute Gasteiger partial charge is 0.477 e. The maximum atomic E-state index is 13.4. The number of aromatic nitrogens is 1. The molecule has 0 saturated carbocycles. The summed E-state index contributed by atoms with van der Waals surface area (Å²) in [4.78, 5) is 58.4. The molecule has 0 aliphatic carbocycles. The number of nitrogens with zero attached hydrogens (tertiary/aromatic N) is 4. The number of carboxylic acids is 1. The average molecular weight is 633 g/mol. The number of carbonyl (C=O) groups is 4. The Hall–Kier alpha value is -3.51. The van der Waals surface area contributed by atoms with Gasteiger partial charge in [-0.2, -0.15) is 0 Å². The van der Waals surface area contributed by atoms with Gasteiger partial charge in [0.25, 0.3) is 11.8 Å². The number of carbonyl (C=O) groups excluding carboxylic acids is 3. The summed E-state index contributed by atoms with van der Waals surface area (Å²) in [6.07, 6.45) is 4.07. The van der Waals surface area contributed by atoms with E-state index >= 15 is 0 Å². The summed E-state index contributed by atoms with van der Waals surface area (Å²) in [6.45, 7) is 1.95. The number of oxime groups is 1. The van der Waals surface area contributed by atoms with Crippen LogP contribution in [0.5, 0.6) is 0 Å². The maximum Gasteiger partial charge on any atom is 0.352 e. The zero-order valence-corrected chi connectivity index (χ0v) is 24.6. The number of hydrogen-bond donors (Lipinski definition) is 7. The lowest BCUT2D eigenvalue weighted by molar-refractivity contribution is -0.150. The van der Waals surface area contributed by atoms with Gasteiger partial charge in [0.2, 0.25) is 5.91 Å². The number of allylic oxidation sites excluding steroid dienone is 1. The van der Waals surface area contributed by atoms with E-state index in [1.807, 2.05) is 0 Å². The number of fused-ring (bicyclic) bond motifs is 1. The molecule has 4 saturated heterocycles. The number of aliphatic hydroxyl groups excluding tert-OH is 1. The molecule has 0 bridgehead atoms. The van der Waals surface area contributed by atoms with Crippen LogP contribution in [0.15, 0.2) is 33.5 Å². The molecule has 0 aromatic carbocycles. The summed E-state index contributed by atoms with van der Waals surface area (Å²) >= 11 is 2.31. The van der Waals surface area contributed by atoms with Crippen LogP contribution >= 0.6 is 23.1 Å². The molecule has 5 aliphatic heterocycles. The lowest BCUT2D eigenvalue weighted by Gasteiger charge is -2.49. The number of nitrogen functional groups attached to an aromatic ring is 1. The minimum absolute atomic E-state index is 0.0450. The monoisotopic (exact) mass is 632 g/mol. The van der Waals surface area contributed by atoms with Gasteiger partial charge in [-0.05, 0) is 43.9 Å². The van der Waals surface area contributed by atoms with Crippen LogP contribution < -0.4 is 21.7 Å². The minimum atomic E-state index is -1.31. The molecule has 6 rings (SSSR count). The van der Waals surface area contributed by atoms with Gasteiger partial charge >= 0.3 is 5.97 Å². The van der Waals surface area contributed by atoms with Crippen LogP contribution in [0.1, 0.15) is 31.4 Å². The Kier molecular flexibility index (Phi) is 8.16. The first-order chi connectivity index (χ1) is 20.7. The quantitative estimate of drug-likeness (QED) is 0.0581. The number of aliphatic carboxylic acids is 1. The number of anilines is 1. The fourth-order valence-electron chi connectivity index (χ4n) is 6.43. The lowest BCUT2D eigenvalue weighted by Crippen LogP contribution is -2.71. The van der Waals surface area contributed by atoms with E-state index in [2.05, 4.69) is 26.1 Å². The van der Waals surface area contributed by atoms with Gasteiger partial charge in [-0.3, -0.25) is 19.3 Å². The minimum Gasteiger partial charge on any atom is -0.477 e. The highest BCUT2D eigenvalue weighted by molar-refractivity contribution is 8.00. The Morgan fingerprint density at radius 2 is 2.09 bits per heavy atom. The lowest BCUT2D eigenvalue weighted by atomic mass is 9.99. The van der Waals surface area contributed by atoms with Crippen LogP contribution in [-0.2, 0) is 19.2 Å². The molecular formula is C26H32N8O7S2. The SMILES string of the molecule is Nc1nc(/C(=N/O)C(=O)N[C@@H]2C(=O)N3C(C(=O)O)=C(/C=C4\CCN(C5CNC(C(O)C6CCCN6)C5)C4=O)CS[C@H]23)cs1. The van der Waals surface area contributed by atoms with Crippen molar-refractivity contribution in [3.8, 4) is 0 Å². The van der Waals surface area contributed by atoms with Crippen LogP contribution in [0.2, 0.25) is 0 Å². The zero-order chi connectivity index (χ0) is 30.4. The number of β-lactam (4-membered cyclic amide) rings is 1. The number of thioether (sulfide) groups is 1. The number of hydrogen-bond acceptors (Lipinski definition) is 13. The summed E-state index contributed by atoms with van der Waals surface area (Å²) in [6, 6.07) is -1.18. The summed E-state index contributed by atoms with van der Waals surface area (Å²) in [5, 5.41) is 43.3. The van der Waals surface area contributed by atoms with Gasteiger partial charge in [-0.25, -0.2) is 9.78 Å². The van der Waals surface area contributed by atoms with Crippen molar-refractivity contribution in [2.45, 2.75) is 61.3 Å². The van der Waals surface area contributed by atoms with Crippen LogP contribution in [0.25, 0.3) is 0 Å². The molecule has 1 aromatic heterocycles. The summed E-state index contributed by atoms with van der Waals surface area (Å²) in [7, 11) is 0. The third-order valence-electron chi connectivity index (χ3n) is 8.58. The second-order valence-electron chi connectivity index (χ2n) is 11.1. The summed E-state index contributed by atoms with van der Waals surface area (Å²) in [5.41, 5.74) is 5.81. The number of thiazole rings is 1. The topological polar surface area (TPSA) is 223 Å².